The molecular weight excluding hydrogens is 429 g/mol. The second kappa shape index (κ2) is 10.2. The number of benzene rings is 2. The predicted octanol–water partition coefficient (Wildman–Crippen LogP) is 4.82. The van der Waals surface area contributed by atoms with Crippen molar-refractivity contribution in [3.8, 4) is 11.5 Å². The molecule has 2 aromatic carbocycles. The van der Waals surface area contributed by atoms with Gasteiger partial charge in [-0.15, -0.1) is 0 Å². The zero-order chi connectivity index (χ0) is 18.2. The molecule has 0 atom stereocenters. The second-order valence-electron chi connectivity index (χ2n) is 5.34. The van der Waals surface area contributed by atoms with Crippen LogP contribution in [0.3, 0.4) is 0 Å². The largest absolute Gasteiger partial charge is 0.493 e. The van der Waals surface area contributed by atoms with Crippen LogP contribution in [0.2, 0.25) is 10.0 Å². The first-order valence-corrected chi connectivity index (χ1v) is 9.35. The molecule has 2 rings (SSSR count). The SMILES string of the molecule is COc1cc(CNCCCO)c(Br)cc1OCc1c(Cl)cccc1Cl. The number of nitrogens with one attached hydrogen (secondary N) is 1. The van der Waals surface area contributed by atoms with E-state index >= 15 is 0 Å². The molecule has 0 spiro atoms. The van der Waals surface area contributed by atoms with Crippen molar-refractivity contribution in [1.29, 1.82) is 0 Å². The molecule has 7 heteroatoms. The van der Waals surface area contributed by atoms with E-state index in [1.54, 1.807) is 25.3 Å². The maximum atomic E-state index is 8.82. The molecule has 0 aromatic heterocycles. The third kappa shape index (κ3) is 5.76. The van der Waals surface area contributed by atoms with E-state index in [4.69, 9.17) is 37.8 Å². The number of aliphatic hydroxyl groups is 1. The summed E-state index contributed by atoms with van der Waals surface area (Å²) >= 11 is 15.9. The minimum Gasteiger partial charge on any atom is -0.493 e. The highest BCUT2D eigenvalue weighted by Gasteiger charge is 2.12. The number of methoxy groups -OCH3 is 1. The molecule has 0 fully saturated rings. The lowest BCUT2D eigenvalue weighted by molar-refractivity contribution is 0.283. The summed E-state index contributed by atoms with van der Waals surface area (Å²) in [7, 11) is 1.60. The van der Waals surface area contributed by atoms with Gasteiger partial charge in [-0.25, -0.2) is 0 Å². The highest BCUT2D eigenvalue weighted by molar-refractivity contribution is 9.10. The normalized spacial score (nSPS) is 10.8. The van der Waals surface area contributed by atoms with Crippen LogP contribution in [0.5, 0.6) is 11.5 Å². The Bertz CT molecular complexity index is 693. The monoisotopic (exact) mass is 447 g/mol. The van der Waals surface area contributed by atoms with Crippen molar-refractivity contribution in [3.05, 3.63) is 56.0 Å². The van der Waals surface area contributed by atoms with Crippen molar-refractivity contribution in [1.82, 2.24) is 5.32 Å². The van der Waals surface area contributed by atoms with E-state index in [0.29, 0.717) is 34.5 Å². The van der Waals surface area contributed by atoms with E-state index in [1.807, 2.05) is 12.1 Å². The zero-order valence-corrected chi connectivity index (χ0v) is 16.9. The molecule has 136 valence electrons. The molecule has 0 aliphatic rings. The van der Waals surface area contributed by atoms with Crippen molar-refractivity contribution in [2.24, 2.45) is 0 Å². The minimum atomic E-state index is 0.175. The molecule has 2 aromatic rings. The Kier molecular flexibility index (Phi) is 8.33. The molecule has 0 aliphatic heterocycles. The third-order valence-electron chi connectivity index (χ3n) is 3.59. The zero-order valence-electron chi connectivity index (χ0n) is 13.8. The smallest absolute Gasteiger partial charge is 0.162 e. The quantitative estimate of drug-likeness (QED) is 0.540. The summed E-state index contributed by atoms with van der Waals surface area (Å²) in [4.78, 5) is 0. The molecule has 0 unspecified atom stereocenters. The van der Waals surface area contributed by atoms with E-state index in [1.165, 1.54) is 0 Å². The first-order valence-electron chi connectivity index (χ1n) is 7.80. The van der Waals surface area contributed by atoms with Gasteiger partial charge in [0.15, 0.2) is 11.5 Å². The van der Waals surface area contributed by atoms with Crippen LogP contribution in [-0.2, 0) is 13.2 Å². The fraction of sp³-hybridized carbons (Fsp3) is 0.333. The molecule has 0 saturated carbocycles. The van der Waals surface area contributed by atoms with Gasteiger partial charge >= 0.3 is 0 Å². The van der Waals surface area contributed by atoms with E-state index in [-0.39, 0.29) is 13.2 Å². The summed E-state index contributed by atoms with van der Waals surface area (Å²) < 4.78 is 12.2. The van der Waals surface area contributed by atoms with Crippen molar-refractivity contribution < 1.29 is 14.6 Å². The average molecular weight is 449 g/mol. The molecule has 2 N–H and O–H groups in total. The number of aliphatic hydroxyl groups excluding tert-OH is 1. The number of hydrogen-bond donors (Lipinski definition) is 2. The van der Waals surface area contributed by atoms with Crippen molar-refractivity contribution in [2.45, 2.75) is 19.6 Å². The van der Waals surface area contributed by atoms with Crippen molar-refractivity contribution >= 4 is 39.1 Å². The molecule has 0 aliphatic carbocycles. The number of ether oxygens (including phenoxy) is 2. The Balaban J connectivity index is 2.11. The lowest BCUT2D eigenvalue weighted by atomic mass is 10.2. The second-order valence-corrected chi connectivity index (χ2v) is 7.01. The van der Waals surface area contributed by atoms with Gasteiger partial charge in [-0.3, -0.25) is 0 Å². The maximum Gasteiger partial charge on any atom is 0.162 e. The van der Waals surface area contributed by atoms with Gasteiger partial charge in [0.2, 0.25) is 0 Å². The average Bonchev–Trinajstić information content (AvgIpc) is 2.59. The molecule has 0 heterocycles. The first kappa shape index (κ1) is 20.3. The Morgan fingerprint density at radius 3 is 2.52 bits per heavy atom. The summed E-state index contributed by atoms with van der Waals surface area (Å²) in [6, 6.07) is 9.14. The van der Waals surface area contributed by atoms with Crippen LogP contribution < -0.4 is 14.8 Å². The maximum absolute atomic E-state index is 8.82. The molecule has 0 radical (unpaired) electrons. The van der Waals surface area contributed by atoms with Crippen LogP contribution in [0, 0.1) is 0 Å². The molecule has 0 amide bonds. The van der Waals surface area contributed by atoms with Gasteiger partial charge in [-0.05, 0) is 42.8 Å². The number of halogens is 3. The van der Waals surface area contributed by atoms with Crippen LogP contribution in [0.15, 0.2) is 34.8 Å². The van der Waals surface area contributed by atoms with E-state index in [2.05, 4.69) is 21.2 Å². The standard InChI is InChI=1S/C18H20BrCl2NO3/c1-24-17-8-12(10-22-6-3-7-23)14(19)9-18(17)25-11-13-15(20)4-2-5-16(13)21/h2,4-5,8-9,22-23H,3,6-7,10-11H2,1H3. The van der Waals surface area contributed by atoms with Crippen LogP contribution in [0.4, 0.5) is 0 Å². The minimum absolute atomic E-state index is 0.175. The van der Waals surface area contributed by atoms with Crippen LogP contribution in [0.25, 0.3) is 0 Å². The summed E-state index contributed by atoms with van der Waals surface area (Å²) in [5, 5.41) is 13.2. The third-order valence-corrected chi connectivity index (χ3v) is 5.04. The van der Waals surface area contributed by atoms with Crippen LogP contribution >= 0.6 is 39.1 Å². The Hall–Kier alpha value is -0.980. The summed E-state index contributed by atoms with van der Waals surface area (Å²) in [5.41, 5.74) is 1.77. The highest BCUT2D eigenvalue weighted by atomic mass is 79.9. The Morgan fingerprint density at radius 2 is 1.88 bits per heavy atom. The van der Waals surface area contributed by atoms with Gasteiger partial charge in [-0.2, -0.15) is 0 Å². The molecule has 4 nitrogen and oxygen atoms in total. The van der Waals surface area contributed by atoms with Gasteiger partial charge in [0.25, 0.3) is 0 Å². The van der Waals surface area contributed by atoms with Gasteiger partial charge in [0, 0.05) is 33.2 Å². The van der Waals surface area contributed by atoms with Gasteiger partial charge in [-0.1, -0.05) is 45.2 Å². The van der Waals surface area contributed by atoms with Crippen LogP contribution in [-0.4, -0.2) is 25.4 Å². The summed E-state index contributed by atoms with van der Waals surface area (Å²) in [6.07, 6.45) is 0.717. The lowest BCUT2D eigenvalue weighted by Gasteiger charge is -2.15. The highest BCUT2D eigenvalue weighted by Crippen LogP contribution is 2.35. The molecule has 0 bridgehead atoms. The predicted molar refractivity (Wildman–Crippen MR) is 105 cm³/mol. The number of rotatable bonds is 9. The van der Waals surface area contributed by atoms with Gasteiger partial charge in [0.1, 0.15) is 6.61 Å². The molecule has 25 heavy (non-hydrogen) atoms. The van der Waals surface area contributed by atoms with Crippen molar-refractivity contribution in [2.75, 3.05) is 20.3 Å². The topological polar surface area (TPSA) is 50.7 Å². The van der Waals surface area contributed by atoms with Crippen LogP contribution in [0.1, 0.15) is 17.5 Å². The summed E-state index contributed by atoms with van der Waals surface area (Å²) in [6.45, 7) is 1.83. The summed E-state index contributed by atoms with van der Waals surface area (Å²) in [5.74, 6) is 1.23. The van der Waals surface area contributed by atoms with Gasteiger partial charge in [0.05, 0.1) is 7.11 Å². The lowest BCUT2D eigenvalue weighted by Crippen LogP contribution is -2.16. The fourth-order valence-electron chi connectivity index (χ4n) is 2.23. The Morgan fingerprint density at radius 1 is 1.16 bits per heavy atom. The van der Waals surface area contributed by atoms with E-state index in [9.17, 15) is 0 Å². The number of hydrogen-bond acceptors (Lipinski definition) is 4. The Labute approximate surface area is 166 Å². The van der Waals surface area contributed by atoms with E-state index in [0.717, 1.165) is 22.1 Å². The molecular formula is C18H20BrCl2NO3. The fourth-order valence-corrected chi connectivity index (χ4v) is 3.20. The van der Waals surface area contributed by atoms with Crippen molar-refractivity contribution in [3.63, 3.8) is 0 Å². The first-order chi connectivity index (χ1) is 12.1. The molecule has 0 saturated heterocycles. The van der Waals surface area contributed by atoms with Gasteiger partial charge < -0.3 is 19.9 Å². The van der Waals surface area contributed by atoms with E-state index < -0.39 is 0 Å².